The van der Waals surface area contributed by atoms with Gasteiger partial charge in [0.05, 0.1) is 29.9 Å². The monoisotopic (exact) mass is 490 g/mol. The van der Waals surface area contributed by atoms with Crippen LogP contribution in [0.4, 0.5) is 18.0 Å². The number of aliphatic hydroxyl groups excluding tert-OH is 1. The van der Waals surface area contributed by atoms with E-state index in [9.17, 15) is 23.1 Å². The van der Waals surface area contributed by atoms with Gasteiger partial charge >= 0.3 is 12.3 Å². The molecule has 1 fully saturated rings. The zero-order valence-corrected chi connectivity index (χ0v) is 20.0. The molecule has 0 aliphatic carbocycles. The Labute approximate surface area is 199 Å². The fourth-order valence-corrected chi connectivity index (χ4v) is 5.11. The first kappa shape index (κ1) is 24.2. The van der Waals surface area contributed by atoms with Gasteiger partial charge in [0.1, 0.15) is 11.1 Å². The van der Waals surface area contributed by atoms with E-state index in [0.29, 0.717) is 16.8 Å². The van der Waals surface area contributed by atoms with Crippen LogP contribution in [-0.4, -0.2) is 27.1 Å². The van der Waals surface area contributed by atoms with E-state index < -0.39 is 36.1 Å². The van der Waals surface area contributed by atoms with E-state index in [1.54, 1.807) is 32.2 Å². The van der Waals surface area contributed by atoms with Gasteiger partial charge in [-0.2, -0.15) is 13.2 Å². The second-order valence-corrected chi connectivity index (χ2v) is 9.58. The third-order valence-corrected chi connectivity index (χ3v) is 6.82. The summed E-state index contributed by atoms with van der Waals surface area (Å²) in [4.78, 5) is 18.8. The summed E-state index contributed by atoms with van der Waals surface area (Å²) in [5.41, 5.74) is 3.25. The number of benzene rings is 2. The second kappa shape index (κ2) is 9.03. The lowest BCUT2D eigenvalue weighted by Gasteiger charge is -2.23. The van der Waals surface area contributed by atoms with Gasteiger partial charge in [-0.25, -0.2) is 9.78 Å². The summed E-state index contributed by atoms with van der Waals surface area (Å²) >= 11 is 1.40. The molecular weight excluding hydrogens is 465 g/mol. The van der Waals surface area contributed by atoms with Crippen molar-refractivity contribution >= 4 is 17.4 Å². The summed E-state index contributed by atoms with van der Waals surface area (Å²) in [5.74, 6) is 0. The molecule has 2 aromatic carbocycles. The smallest absolute Gasteiger partial charge is 0.416 e. The molecule has 1 amide bonds. The lowest BCUT2D eigenvalue weighted by Crippen LogP contribution is -2.31. The Balaban J connectivity index is 1.64. The van der Waals surface area contributed by atoms with E-state index in [4.69, 9.17) is 4.74 Å². The number of aliphatic hydroxyl groups is 1. The number of thiazole rings is 1. The lowest BCUT2D eigenvalue weighted by atomic mass is 9.97. The Morgan fingerprint density at radius 1 is 1.18 bits per heavy atom. The van der Waals surface area contributed by atoms with Crippen LogP contribution < -0.4 is 0 Å². The minimum Gasteiger partial charge on any atom is -0.439 e. The molecule has 1 aromatic heterocycles. The van der Waals surface area contributed by atoms with Crippen molar-refractivity contribution in [3.8, 4) is 10.6 Å². The molecule has 9 heteroatoms. The van der Waals surface area contributed by atoms with Gasteiger partial charge in [0.2, 0.25) is 0 Å². The predicted octanol–water partition coefficient (Wildman–Crippen LogP) is 6.58. The molecule has 1 saturated heterocycles. The highest BCUT2D eigenvalue weighted by atomic mass is 32.1. The number of cyclic esters (lactones) is 1. The van der Waals surface area contributed by atoms with Gasteiger partial charge in [-0.15, -0.1) is 11.3 Å². The molecule has 0 radical (unpaired) electrons. The average Bonchev–Trinajstić information content (AvgIpc) is 3.34. The summed E-state index contributed by atoms with van der Waals surface area (Å²) in [6, 6.07) is 9.11. The number of hydrogen-bond donors (Lipinski definition) is 1. The number of aryl methyl sites for hydroxylation is 2. The number of amides is 1. The van der Waals surface area contributed by atoms with Gasteiger partial charge in [-0.3, -0.25) is 4.90 Å². The van der Waals surface area contributed by atoms with Crippen molar-refractivity contribution in [1.82, 2.24) is 9.88 Å². The number of ether oxygens (including phenoxy) is 1. The molecule has 0 spiro atoms. The zero-order valence-electron chi connectivity index (χ0n) is 19.2. The van der Waals surface area contributed by atoms with Gasteiger partial charge in [0.15, 0.2) is 0 Å². The fourth-order valence-electron chi connectivity index (χ4n) is 4.15. The van der Waals surface area contributed by atoms with Gasteiger partial charge in [-0.05, 0) is 51.0 Å². The maximum Gasteiger partial charge on any atom is 0.416 e. The van der Waals surface area contributed by atoms with Crippen LogP contribution in [0.15, 0.2) is 41.8 Å². The molecule has 34 heavy (non-hydrogen) atoms. The largest absolute Gasteiger partial charge is 0.439 e. The van der Waals surface area contributed by atoms with Crippen molar-refractivity contribution in [2.75, 3.05) is 0 Å². The Kier molecular flexibility index (Phi) is 6.44. The number of halogens is 3. The highest BCUT2D eigenvalue weighted by Crippen LogP contribution is 2.39. The van der Waals surface area contributed by atoms with Gasteiger partial charge in [-0.1, -0.05) is 35.4 Å². The molecule has 3 aromatic rings. The number of carbonyl (C=O) groups excluding carboxylic acids is 1. The van der Waals surface area contributed by atoms with Crippen LogP contribution in [-0.2, 0) is 17.5 Å². The van der Waals surface area contributed by atoms with Crippen molar-refractivity contribution in [3.63, 3.8) is 0 Å². The van der Waals surface area contributed by atoms with Crippen molar-refractivity contribution in [2.24, 2.45) is 0 Å². The van der Waals surface area contributed by atoms with Crippen molar-refractivity contribution in [3.05, 3.63) is 75.3 Å². The van der Waals surface area contributed by atoms with Crippen LogP contribution in [0.5, 0.6) is 0 Å². The van der Waals surface area contributed by atoms with Gasteiger partial charge in [0, 0.05) is 10.9 Å². The first-order chi connectivity index (χ1) is 15.9. The maximum atomic E-state index is 13.3. The molecule has 1 aliphatic heterocycles. The molecule has 0 saturated carbocycles. The van der Waals surface area contributed by atoms with Crippen LogP contribution in [0.3, 0.4) is 0 Å². The van der Waals surface area contributed by atoms with Crippen molar-refractivity contribution in [1.29, 1.82) is 0 Å². The third-order valence-electron chi connectivity index (χ3n) is 5.93. The highest BCUT2D eigenvalue weighted by molar-refractivity contribution is 7.13. The molecule has 3 atom stereocenters. The van der Waals surface area contributed by atoms with Crippen LogP contribution >= 0.6 is 11.3 Å². The minimum atomic E-state index is -4.48. The molecule has 0 bridgehead atoms. The number of carbonyl (C=O) groups is 1. The number of hydrogen-bond acceptors (Lipinski definition) is 5. The average molecular weight is 491 g/mol. The van der Waals surface area contributed by atoms with Crippen LogP contribution in [0.25, 0.3) is 10.6 Å². The number of aromatic nitrogens is 1. The van der Waals surface area contributed by atoms with Crippen LogP contribution in [0, 0.1) is 13.8 Å². The van der Waals surface area contributed by atoms with Crippen LogP contribution in [0.1, 0.15) is 59.6 Å². The minimum absolute atomic E-state index is 0.217. The first-order valence-corrected chi connectivity index (χ1v) is 11.7. The topological polar surface area (TPSA) is 62.7 Å². The summed E-state index contributed by atoms with van der Waals surface area (Å²) in [6.07, 6.45) is -6.57. The molecule has 180 valence electrons. The molecule has 5 nitrogen and oxygen atoms in total. The van der Waals surface area contributed by atoms with E-state index in [-0.39, 0.29) is 6.54 Å². The van der Waals surface area contributed by atoms with Crippen molar-refractivity contribution in [2.45, 2.75) is 58.7 Å². The number of rotatable bonds is 5. The summed E-state index contributed by atoms with van der Waals surface area (Å²) in [7, 11) is 0. The molecule has 1 N–H and O–H groups in total. The number of alkyl halides is 3. The lowest BCUT2D eigenvalue weighted by molar-refractivity contribution is -0.137. The molecule has 1 unspecified atom stereocenters. The van der Waals surface area contributed by atoms with E-state index in [0.717, 1.165) is 33.8 Å². The quantitative estimate of drug-likeness (QED) is 0.439. The Morgan fingerprint density at radius 2 is 1.91 bits per heavy atom. The second-order valence-electron chi connectivity index (χ2n) is 8.72. The fraction of sp³-hybridized carbons (Fsp3) is 0.360. The predicted molar refractivity (Wildman–Crippen MR) is 123 cm³/mol. The normalized spacial score (nSPS) is 19.4. The Morgan fingerprint density at radius 3 is 2.56 bits per heavy atom. The number of nitrogens with zero attached hydrogens (tertiary/aromatic N) is 2. The highest BCUT2D eigenvalue weighted by Gasteiger charge is 2.41. The molecular formula is C25H25F3N2O3S. The molecule has 2 heterocycles. The maximum absolute atomic E-state index is 13.3. The Bertz CT molecular complexity index is 1220. The standard InChI is InChI=1S/C25H25F3N2O3S/c1-13-5-6-20(23-29-21(12-34-23)16(4)31)18(7-13)11-30-15(3)22(33-24(30)32)17-8-14(2)9-19(10-17)25(26,27)28/h5-10,12,15-16,22,31H,11H2,1-4H3/t15-,16?,22-/m0/s1. The summed E-state index contributed by atoms with van der Waals surface area (Å²) < 4.78 is 45.5. The third kappa shape index (κ3) is 4.81. The van der Waals surface area contributed by atoms with E-state index >= 15 is 0 Å². The summed E-state index contributed by atoms with van der Waals surface area (Å²) in [5, 5.41) is 12.3. The first-order valence-electron chi connectivity index (χ1n) is 10.8. The van der Waals surface area contributed by atoms with Gasteiger partial charge < -0.3 is 9.84 Å². The van der Waals surface area contributed by atoms with E-state index in [1.807, 2.05) is 25.1 Å². The van der Waals surface area contributed by atoms with E-state index in [2.05, 4.69) is 4.98 Å². The van der Waals surface area contributed by atoms with Crippen LogP contribution in [0.2, 0.25) is 0 Å². The Hall–Kier alpha value is -2.91. The SMILES string of the molecule is Cc1cc([C@H]2OC(=O)N(Cc3cc(C)ccc3-c3nc(C(C)O)cs3)[C@H]2C)cc(C(F)(F)F)c1. The van der Waals surface area contributed by atoms with E-state index in [1.165, 1.54) is 16.2 Å². The summed E-state index contributed by atoms with van der Waals surface area (Å²) in [6.45, 7) is 7.17. The molecule has 4 rings (SSSR count). The van der Waals surface area contributed by atoms with Crippen molar-refractivity contribution < 1.29 is 27.8 Å². The zero-order chi connectivity index (χ0) is 24.8. The molecule has 1 aliphatic rings. The van der Waals surface area contributed by atoms with Gasteiger partial charge in [0.25, 0.3) is 0 Å².